The van der Waals surface area contributed by atoms with Gasteiger partial charge in [-0.3, -0.25) is 4.79 Å². The van der Waals surface area contributed by atoms with E-state index in [4.69, 9.17) is 11.6 Å². The SMILES string of the molecule is Cc1cc(=O)c([C@H]2CC[C@H](c3ccc(Cl)cc3)CC2)c(C)n1C. The van der Waals surface area contributed by atoms with E-state index in [1.54, 1.807) is 6.07 Å². The van der Waals surface area contributed by atoms with Crippen LogP contribution < -0.4 is 5.43 Å². The largest absolute Gasteiger partial charge is 0.352 e. The van der Waals surface area contributed by atoms with Crippen molar-refractivity contribution in [1.82, 2.24) is 4.57 Å². The number of aromatic nitrogens is 1. The molecule has 2 nitrogen and oxygen atoms in total. The summed E-state index contributed by atoms with van der Waals surface area (Å²) in [6, 6.07) is 10.0. The lowest BCUT2D eigenvalue weighted by Gasteiger charge is -2.30. The molecular formula is C20H24ClNO. The first-order chi connectivity index (χ1) is 11.0. The minimum atomic E-state index is 0.216. The Morgan fingerprint density at radius 3 is 2.17 bits per heavy atom. The first-order valence-corrected chi connectivity index (χ1v) is 8.77. The van der Waals surface area contributed by atoms with Crippen molar-refractivity contribution in [2.45, 2.75) is 51.4 Å². The number of pyridine rings is 1. The van der Waals surface area contributed by atoms with Crippen molar-refractivity contribution in [3.05, 3.63) is 68.1 Å². The summed E-state index contributed by atoms with van der Waals surface area (Å²) in [5.41, 5.74) is 4.79. The summed E-state index contributed by atoms with van der Waals surface area (Å²) in [7, 11) is 2.05. The Kier molecular flexibility index (Phi) is 4.63. The van der Waals surface area contributed by atoms with E-state index >= 15 is 0 Å². The molecule has 122 valence electrons. The molecule has 0 atom stereocenters. The van der Waals surface area contributed by atoms with Gasteiger partial charge in [0.05, 0.1) is 0 Å². The van der Waals surface area contributed by atoms with Gasteiger partial charge in [-0.1, -0.05) is 23.7 Å². The molecule has 1 heterocycles. The molecule has 0 spiro atoms. The van der Waals surface area contributed by atoms with Crippen LogP contribution in [0.5, 0.6) is 0 Å². The van der Waals surface area contributed by atoms with Crippen molar-refractivity contribution in [2.75, 3.05) is 0 Å². The van der Waals surface area contributed by atoms with E-state index in [2.05, 4.69) is 23.6 Å². The topological polar surface area (TPSA) is 22.0 Å². The number of benzene rings is 1. The van der Waals surface area contributed by atoms with E-state index in [0.29, 0.717) is 11.8 Å². The lowest BCUT2D eigenvalue weighted by Crippen LogP contribution is -2.23. The molecule has 1 aliphatic rings. The molecule has 0 N–H and O–H groups in total. The summed E-state index contributed by atoms with van der Waals surface area (Å²) in [4.78, 5) is 12.5. The maximum Gasteiger partial charge on any atom is 0.185 e. The predicted molar refractivity (Wildman–Crippen MR) is 96.6 cm³/mol. The maximum absolute atomic E-state index is 12.5. The summed E-state index contributed by atoms with van der Waals surface area (Å²) >= 11 is 5.98. The van der Waals surface area contributed by atoms with Gasteiger partial charge >= 0.3 is 0 Å². The second-order valence-corrected chi connectivity index (χ2v) is 7.24. The van der Waals surface area contributed by atoms with E-state index in [9.17, 15) is 4.79 Å². The third-order valence-corrected chi connectivity index (χ3v) is 5.76. The number of nitrogens with zero attached hydrogens (tertiary/aromatic N) is 1. The van der Waals surface area contributed by atoms with Crippen LogP contribution in [0.1, 0.15) is 60.0 Å². The highest BCUT2D eigenvalue weighted by atomic mass is 35.5. The molecule has 23 heavy (non-hydrogen) atoms. The first kappa shape index (κ1) is 16.3. The van der Waals surface area contributed by atoms with Crippen molar-refractivity contribution in [3.8, 4) is 0 Å². The number of aryl methyl sites for hydroxylation is 1. The van der Waals surface area contributed by atoms with Gasteiger partial charge in [-0.15, -0.1) is 0 Å². The summed E-state index contributed by atoms with van der Waals surface area (Å²) in [6.07, 6.45) is 4.46. The van der Waals surface area contributed by atoms with Crippen LogP contribution in [0.4, 0.5) is 0 Å². The van der Waals surface area contributed by atoms with Crippen molar-refractivity contribution >= 4 is 11.6 Å². The molecule has 0 aliphatic heterocycles. The van der Waals surface area contributed by atoms with Crippen LogP contribution in [-0.2, 0) is 7.05 Å². The molecule has 3 rings (SSSR count). The van der Waals surface area contributed by atoms with Crippen LogP contribution in [-0.4, -0.2) is 4.57 Å². The molecule has 0 saturated heterocycles. The van der Waals surface area contributed by atoms with Gasteiger partial charge in [0, 0.05) is 35.1 Å². The highest BCUT2D eigenvalue weighted by molar-refractivity contribution is 6.30. The summed E-state index contributed by atoms with van der Waals surface area (Å²) in [5, 5.41) is 0.793. The smallest absolute Gasteiger partial charge is 0.185 e. The lowest BCUT2D eigenvalue weighted by atomic mass is 9.75. The van der Waals surface area contributed by atoms with Crippen LogP contribution in [0.3, 0.4) is 0 Å². The van der Waals surface area contributed by atoms with Gasteiger partial charge in [-0.25, -0.2) is 0 Å². The minimum absolute atomic E-state index is 0.216. The number of hydrogen-bond acceptors (Lipinski definition) is 1. The zero-order valence-electron chi connectivity index (χ0n) is 14.1. The first-order valence-electron chi connectivity index (χ1n) is 8.40. The molecule has 1 aliphatic carbocycles. The molecule has 1 saturated carbocycles. The average Bonchev–Trinajstić information content (AvgIpc) is 2.54. The van der Waals surface area contributed by atoms with Crippen molar-refractivity contribution in [3.63, 3.8) is 0 Å². The van der Waals surface area contributed by atoms with Gasteiger partial charge in [0.15, 0.2) is 5.43 Å². The predicted octanol–water partition coefficient (Wildman–Crippen LogP) is 5.10. The Bertz CT molecular complexity index is 752. The lowest BCUT2D eigenvalue weighted by molar-refractivity contribution is 0.392. The highest BCUT2D eigenvalue weighted by Gasteiger charge is 2.26. The second kappa shape index (κ2) is 6.52. The van der Waals surface area contributed by atoms with E-state index < -0.39 is 0 Å². The molecule has 1 aromatic heterocycles. The molecule has 0 bridgehead atoms. The summed E-state index contributed by atoms with van der Waals surface area (Å²) < 4.78 is 2.14. The standard InChI is InChI=1S/C20H24ClNO/c1-13-12-19(23)20(14(2)22(13)3)17-6-4-15(5-7-17)16-8-10-18(21)11-9-16/h8-12,15,17H,4-7H2,1-3H3/t15-,17-. The van der Waals surface area contributed by atoms with Gasteiger partial charge in [0.25, 0.3) is 0 Å². The monoisotopic (exact) mass is 329 g/mol. The van der Waals surface area contributed by atoms with Gasteiger partial charge in [0.1, 0.15) is 0 Å². The zero-order chi connectivity index (χ0) is 16.6. The summed E-state index contributed by atoms with van der Waals surface area (Å²) in [5.74, 6) is 0.996. The van der Waals surface area contributed by atoms with Crippen LogP contribution in [0, 0.1) is 13.8 Å². The number of rotatable bonds is 2. The Morgan fingerprint density at radius 2 is 1.57 bits per heavy atom. The van der Waals surface area contributed by atoms with Gasteiger partial charge in [0.2, 0.25) is 0 Å². The normalized spacial score (nSPS) is 21.4. The Balaban J connectivity index is 1.78. The van der Waals surface area contributed by atoms with Gasteiger partial charge in [-0.05, 0) is 69.1 Å². The van der Waals surface area contributed by atoms with Crippen molar-refractivity contribution in [2.24, 2.45) is 7.05 Å². The van der Waals surface area contributed by atoms with Crippen LogP contribution in [0.2, 0.25) is 5.02 Å². The molecule has 3 heteroatoms. The molecule has 0 radical (unpaired) electrons. The maximum atomic E-state index is 12.5. The molecule has 1 fully saturated rings. The van der Waals surface area contributed by atoms with E-state index in [0.717, 1.165) is 47.7 Å². The second-order valence-electron chi connectivity index (χ2n) is 6.81. The molecular weight excluding hydrogens is 306 g/mol. The fraction of sp³-hybridized carbons (Fsp3) is 0.450. The van der Waals surface area contributed by atoms with Crippen LogP contribution in [0.15, 0.2) is 35.1 Å². The Morgan fingerprint density at radius 1 is 1.00 bits per heavy atom. The number of hydrogen-bond donors (Lipinski definition) is 0. The Hall–Kier alpha value is -1.54. The van der Waals surface area contributed by atoms with Crippen LogP contribution >= 0.6 is 11.6 Å². The zero-order valence-corrected chi connectivity index (χ0v) is 14.9. The van der Waals surface area contributed by atoms with Crippen molar-refractivity contribution in [1.29, 1.82) is 0 Å². The third-order valence-electron chi connectivity index (χ3n) is 5.50. The fourth-order valence-corrected chi connectivity index (χ4v) is 4.06. The average molecular weight is 330 g/mol. The molecule has 0 unspecified atom stereocenters. The van der Waals surface area contributed by atoms with Crippen LogP contribution in [0.25, 0.3) is 0 Å². The minimum Gasteiger partial charge on any atom is -0.352 e. The van der Waals surface area contributed by atoms with E-state index in [1.807, 2.05) is 26.1 Å². The molecule has 1 aromatic carbocycles. The number of halogens is 1. The van der Waals surface area contributed by atoms with Gasteiger partial charge in [-0.2, -0.15) is 0 Å². The molecule has 2 aromatic rings. The third kappa shape index (κ3) is 3.23. The van der Waals surface area contributed by atoms with Gasteiger partial charge < -0.3 is 4.57 Å². The molecule has 0 amide bonds. The Labute approximate surface area is 143 Å². The van der Waals surface area contributed by atoms with E-state index in [1.165, 1.54) is 5.56 Å². The fourth-order valence-electron chi connectivity index (χ4n) is 3.93. The van der Waals surface area contributed by atoms with Crippen molar-refractivity contribution < 1.29 is 0 Å². The van der Waals surface area contributed by atoms with E-state index in [-0.39, 0.29) is 5.43 Å². The highest BCUT2D eigenvalue weighted by Crippen LogP contribution is 2.40. The quantitative estimate of drug-likeness (QED) is 0.751. The summed E-state index contributed by atoms with van der Waals surface area (Å²) in [6.45, 7) is 4.07.